The van der Waals surface area contributed by atoms with Gasteiger partial charge in [-0.05, 0) is 18.6 Å². The average Bonchev–Trinajstić information content (AvgIpc) is 2.82. The zero-order valence-corrected chi connectivity index (χ0v) is 12.4. The van der Waals surface area contributed by atoms with Gasteiger partial charge in [-0.1, -0.05) is 44.7 Å². The van der Waals surface area contributed by atoms with E-state index < -0.39 is 10.8 Å². The third-order valence-corrected chi connectivity index (χ3v) is 5.68. The molecule has 1 aromatic carbocycles. The number of thiazole rings is 1. The van der Waals surface area contributed by atoms with Gasteiger partial charge >= 0.3 is 0 Å². The molecule has 1 atom stereocenters. The van der Waals surface area contributed by atoms with E-state index in [2.05, 4.69) is 11.9 Å². The molecule has 0 saturated carbocycles. The summed E-state index contributed by atoms with van der Waals surface area (Å²) in [6.45, 7) is 2.21. The van der Waals surface area contributed by atoms with E-state index in [1.54, 1.807) is 11.3 Å². The van der Waals surface area contributed by atoms with Crippen molar-refractivity contribution in [3.63, 3.8) is 0 Å². The van der Waals surface area contributed by atoms with Gasteiger partial charge in [-0.15, -0.1) is 11.3 Å². The van der Waals surface area contributed by atoms with Crippen LogP contribution in [0.25, 0.3) is 10.2 Å². The first kappa shape index (κ1) is 13.7. The highest BCUT2D eigenvalue weighted by Crippen LogP contribution is 2.24. The van der Waals surface area contributed by atoms with E-state index in [4.69, 9.17) is 0 Å². The van der Waals surface area contributed by atoms with Crippen LogP contribution in [-0.2, 0) is 10.8 Å². The van der Waals surface area contributed by atoms with Gasteiger partial charge in [0.05, 0.1) is 21.0 Å². The zero-order valence-electron chi connectivity index (χ0n) is 10.7. The summed E-state index contributed by atoms with van der Waals surface area (Å²) in [7, 11) is -0.914. The molecule has 0 aliphatic heterocycles. The molecule has 0 unspecified atom stereocenters. The van der Waals surface area contributed by atoms with Gasteiger partial charge in [0.2, 0.25) is 0 Å². The molecule has 18 heavy (non-hydrogen) atoms. The Morgan fingerprint density at radius 3 is 2.72 bits per heavy atom. The maximum Gasteiger partial charge on any atom is 0.181 e. The fourth-order valence-corrected chi connectivity index (χ4v) is 4.30. The predicted octanol–water partition coefficient (Wildman–Crippen LogP) is 4.37. The molecule has 0 aliphatic carbocycles. The Balaban J connectivity index is 1.88. The minimum Gasteiger partial charge on any atom is -0.252 e. The number of hydrogen-bond acceptors (Lipinski definition) is 3. The smallest absolute Gasteiger partial charge is 0.181 e. The van der Waals surface area contributed by atoms with E-state index in [0.29, 0.717) is 0 Å². The van der Waals surface area contributed by atoms with Crippen LogP contribution >= 0.6 is 11.3 Å². The van der Waals surface area contributed by atoms with Gasteiger partial charge in [-0.2, -0.15) is 0 Å². The first-order valence-electron chi connectivity index (χ1n) is 6.55. The number of para-hydroxylation sites is 1. The standard InChI is InChI=1S/C14H19NOS2/c1-2-3-4-5-8-11-18(16)14-15-12-9-6-7-10-13(12)17-14/h6-7,9-10H,2-5,8,11H2,1H3/t18-/m0/s1. The summed E-state index contributed by atoms with van der Waals surface area (Å²) in [5.74, 6) is 0.754. The second kappa shape index (κ2) is 7.00. The molecule has 2 rings (SSSR count). The molecule has 0 radical (unpaired) electrons. The topological polar surface area (TPSA) is 30.0 Å². The molecule has 2 aromatic rings. The van der Waals surface area contributed by atoms with Gasteiger partial charge in [0.1, 0.15) is 0 Å². The summed E-state index contributed by atoms with van der Waals surface area (Å²) in [6, 6.07) is 7.99. The van der Waals surface area contributed by atoms with Gasteiger partial charge in [-0.25, -0.2) is 4.98 Å². The van der Waals surface area contributed by atoms with Crippen molar-refractivity contribution in [3.05, 3.63) is 24.3 Å². The lowest BCUT2D eigenvalue weighted by atomic mass is 10.2. The van der Waals surface area contributed by atoms with Crippen molar-refractivity contribution in [3.8, 4) is 0 Å². The van der Waals surface area contributed by atoms with Crippen LogP contribution in [0.2, 0.25) is 0 Å². The van der Waals surface area contributed by atoms with E-state index >= 15 is 0 Å². The fourth-order valence-electron chi connectivity index (χ4n) is 1.87. The van der Waals surface area contributed by atoms with Crippen molar-refractivity contribution in [1.82, 2.24) is 4.98 Å². The van der Waals surface area contributed by atoms with Crippen molar-refractivity contribution >= 4 is 32.4 Å². The average molecular weight is 281 g/mol. The predicted molar refractivity (Wildman–Crippen MR) is 79.7 cm³/mol. The fraction of sp³-hybridized carbons (Fsp3) is 0.500. The Hall–Kier alpha value is -0.740. The van der Waals surface area contributed by atoms with E-state index in [1.165, 1.54) is 25.7 Å². The number of hydrogen-bond donors (Lipinski definition) is 0. The maximum absolute atomic E-state index is 12.1. The van der Waals surface area contributed by atoms with Crippen LogP contribution in [0.1, 0.15) is 39.0 Å². The van der Waals surface area contributed by atoms with E-state index in [1.807, 2.05) is 24.3 Å². The number of benzene rings is 1. The summed E-state index contributed by atoms with van der Waals surface area (Å²) in [6.07, 6.45) is 6.02. The normalized spacial score (nSPS) is 12.9. The number of nitrogens with zero attached hydrogens (tertiary/aromatic N) is 1. The third-order valence-electron chi connectivity index (χ3n) is 2.90. The van der Waals surface area contributed by atoms with Crippen LogP contribution in [0.3, 0.4) is 0 Å². The lowest BCUT2D eigenvalue weighted by Gasteiger charge is -1.98. The SMILES string of the molecule is CCCCCCC[S@](=O)c1nc2ccccc2s1. The third kappa shape index (κ3) is 3.62. The Morgan fingerprint density at radius 1 is 1.17 bits per heavy atom. The second-order valence-corrected chi connectivity index (χ2v) is 7.19. The van der Waals surface area contributed by atoms with Crippen molar-refractivity contribution in [2.45, 2.75) is 43.4 Å². The highest BCUT2D eigenvalue weighted by molar-refractivity contribution is 7.87. The lowest BCUT2D eigenvalue weighted by Crippen LogP contribution is -1.97. The molecular weight excluding hydrogens is 262 g/mol. The Bertz CT molecular complexity index is 488. The van der Waals surface area contributed by atoms with Crippen molar-refractivity contribution < 1.29 is 4.21 Å². The van der Waals surface area contributed by atoms with E-state index in [9.17, 15) is 4.21 Å². The minimum absolute atomic E-state index is 0.754. The second-order valence-electron chi connectivity index (χ2n) is 4.41. The molecular formula is C14H19NOS2. The quantitative estimate of drug-likeness (QED) is 0.705. The molecule has 0 amide bonds. The molecule has 1 heterocycles. The Labute approximate surface area is 115 Å². The summed E-state index contributed by atoms with van der Waals surface area (Å²) >= 11 is 1.56. The molecule has 0 bridgehead atoms. The molecule has 0 N–H and O–H groups in total. The van der Waals surface area contributed by atoms with Crippen LogP contribution in [0.15, 0.2) is 28.6 Å². The summed E-state index contributed by atoms with van der Waals surface area (Å²) in [4.78, 5) is 4.45. The number of unbranched alkanes of at least 4 members (excludes halogenated alkanes) is 4. The molecule has 4 heteroatoms. The van der Waals surface area contributed by atoms with E-state index in [0.717, 1.165) is 26.7 Å². The van der Waals surface area contributed by atoms with Crippen LogP contribution in [0.5, 0.6) is 0 Å². The highest BCUT2D eigenvalue weighted by Gasteiger charge is 2.09. The first-order valence-corrected chi connectivity index (χ1v) is 8.68. The first-order chi connectivity index (χ1) is 8.81. The number of rotatable bonds is 7. The van der Waals surface area contributed by atoms with Crippen LogP contribution in [0.4, 0.5) is 0 Å². The summed E-state index contributed by atoms with van der Waals surface area (Å²) in [5.41, 5.74) is 0.969. The van der Waals surface area contributed by atoms with Gasteiger partial charge in [-0.3, -0.25) is 4.21 Å². The van der Waals surface area contributed by atoms with Crippen LogP contribution in [0, 0.1) is 0 Å². The summed E-state index contributed by atoms with van der Waals surface area (Å²) in [5, 5.41) is 0. The highest BCUT2D eigenvalue weighted by atomic mass is 32.2. The molecule has 0 spiro atoms. The molecule has 0 fully saturated rings. The molecule has 0 aliphatic rings. The Morgan fingerprint density at radius 2 is 1.94 bits per heavy atom. The summed E-state index contributed by atoms with van der Waals surface area (Å²) < 4.78 is 14.0. The van der Waals surface area contributed by atoms with Crippen molar-refractivity contribution in [1.29, 1.82) is 0 Å². The molecule has 2 nitrogen and oxygen atoms in total. The van der Waals surface area contributed by atoms with E-state index in [-0.39, 0.29) is 0 Å². The van der Waals surface area contributed by atoms with Gasteiger partial charge in [0.15, 0.2) is 4.34 Å². The van der Waals surface area contributed by atoms with Gasteiger partial charge in [0, 0.05) is 5.75 Å². The van der Waals surface area contributed by atoms with Crippen LogP contribution < -0.4 is 0 Å². The van der Waals surface area contributed by atoms with Gasteiger partial charge in [0.25, 0.3) is 0 Å². The lowest BCUT2D eigenvalue weighted by molar-refractivity contribution is 0.647. The molecule has 98 valence electrons. The van der Waals surface area contributed by atoms with Gasteiger partial charge < -0.3 is 0 Å². The van der Waals surface area contributed by atoms with Crippen LogP contribution in [-0.4, -0.2) is 14.9 Å². The van der Waals surface area contributed by atoms with Crippen molar-refractivity contribution in [2.24, 2.45) is 0 Å². The molecule has 1 aromatic heterocycles. The number of aromatic nitrogens is 1. The number of fused-ring (bicyclic) bond motifs is 1. The largest absolute Gasteiger partial charge is 0.252 e. The maximum atomic E-state index is 12.1. The minimum atomic E-state index is -0.914. The van der Waals surface area contributed by atoms with Crippen molar-refractivity contribution in [2.75, 3.05) is 5.75 Å². The molecule has 0 saturated heterocycles. The Kier molecular flexibility index (Phi) is 5.32. The monoisotopic (exact) mass is 281 g/mol. The zero-order chi connectivity index (χ0) is 12.8.